The molecule has 0 aliphatic rings. The van der Waals surface area contributed by atoms with Crippen molar-refractivity contribution in [3.05, 3.63) is 0 Å². The highest BCUT2D eigenvalue weighted by Crippen LogP contribution is 0.222. The van der Waals surface area contributed by atoms with E-state index in [1.807, 2.05) is 0 Å². The molecule has 0 rings (SSSR count). The molecule has 0 atom stereocenters. The first-order chi connectivity index (χ1) is 36.0. The van der Waals surface area contributed by atoms with Gasteiger partial charge in [0.2, 0.25) is 0 Å². The molecular weight excluding hydrogens is 949 g/mol. The Labute approximate surface area is 704 Å². The van der Waals surface area contributed by atoms with E-state index in [2.05, 4.69) is 0 Å². The third kappa shape index (κ3) is 0. The summed E-state index contributed by atoms with van der Waals surface area (Å²) in [5, 5.41) is 0. The summed E-state index contributed by atoms with van der Waals surface area (Å²) < 4.78 is 360. The van der Waals surface area contributed by atoms with Crippen molar-refractivity contribution in [2.45, 2.75) is 587 Å². The van der Waals surface area contributed by atoms with Gasteiger partial charge in [-0.3, -0.25) is 0 Å². The third-order valence-corrected chi connectivity index (χ3v) is 0. The lowest BCUT2D eigenvalue weighted by molar-refractivity contribution is 2.50. The zero-order chi connectivity index (χ0) is 72.0. The Morgan fingerprint density at radius 1 is 0.0380 bits per heavy atom. The van der Waals surface area contributed by atoms with Crippen LogP contribution in [0.5, 0.6) is 0 Å². The Bertz CT molecular complexity index is 157. The molecule has 0 heteroatoms. The number of hydrogen-bond donors (Lipinski definition) is 0. The minimum Gasteiger partial charge on any atom is -0.0776 e. The van der Waals surface area contributed by atoms with E-state index in [-0.39, 0.29) is 595 Å². The predicted molar refractivity (Wildman–Crippen MR) is 621 cm³/mol. The van der Waals surface area contributed by atoms with Crippen LogP contribution in [0.3, 0.4) is 0 Å². The molecular formula is C79H400. The van der Waals surface area contributed by atoms with E-state index < -0.39 is 0 Å². The van der Waals surface area contributed by atoms with E-state index >= 15 is 0 Å². The Morgan fingerprint density at radius 3 is 0.0380 bits per heavy atom. The highest BCUT2D eigenvalue weighted by atomic mass is 12.1. The second-order valence-corrected chi connectivity index (χ2v) is 0. The maximum Gasteiger partial charge on any atom is 0 e. The summed E-state index contributed by atoms with van der Waals surface area (Å²) in [6, 6.07) is 0. The molecule has 716 valence electrons. The van der Waals surface area contributed by atoms with Gasteiger partial charge >= 0.3 is 0 Å². The van der Waals surface area contributed by atoms with Crippen molar-refractivity contribution in [2.75, 3.05) is 0 Å². The van der Waals surface area contributed by atoms with Crippen LogP contribution in [-0.4, -0.2) is 0 Å². The fourth-order valence-electron chi connectivity index (χ4n) is 0. The fraction of sp³-hybridized carbons (Fsp3) is 1.00. The van der Waals surface area contributed by atoms with Crippen molar-refractivity contribution >= 4 is 0 Å². The molecule has 0 saturated carbocycles. The lowest BCUT2D eigenvalue weighted by Gasteiger charge is -0.0786. The van der Waals surface area contributed by atoms with Crippen LogP contribution in [0.2, 0.25) is 0 Å². The quantitative estimate of drug-likeness (QED) is 0.227. The van der Waals surface area contributed by atoms with Crippen LogP contribution in [0.1, 0.15) is 702 Å². The van der Waals surface area contributed by atoms with Gasteiger partial charge in [0.05, 0.1) is 0 Å². The molecule has 0 unspecified atom stereocenters. The summed E-state index contributed by atoms with van der Waals surface area (Å²) >= 11 is 0. The van der Waals surface area contributed by atoms with Gasteiger partial charge in [0.15, 0.2) is 0 Å². The first-order valence-electron chi connectivity index (χ1n) is 36.0. The summed E-state index contributed by atoms with van der Waals surface area (Å²) in [5.74, 6) is 0. The minimum atomic E-state index is 0. The summed E-state index contributed by atoms with van der Waals surface area (Å²) in [6.45, 7) is 0. The molecule has 0 nitrogen and oxygen atoms in total. The lowest BCUT2D eigenvalue weighted by Crippen LogP contribution is 0.143. The van der Waals surface area contributed by atoms with Gasteiger partial charge in [-0.15, -0.1) is 0 Å². The second-order valence-electron chi connectivity index (χ2n) is 0. The van der Waals surface area contributed by atoms with Crippen molar-refractivity contribution < 1.29 is 115 Å². The molecule has 0 bridgehead atoms. The zero-order valence-electron chi connectivity index (χ0n) is 72.0. The molecule has 0 aliphatic heterocycles. The molecule has 0 aliphatic carbocycles. The van der Waals surface area contributed by atoms with Gasteiger partial charge in [-0.05, 0) is 0 Å². The second kappa shape index (κ2) is 0. The largest absolute Gasteiger partial charge is 0.0776 e. The van der Waals surface area contributed by atoms with Crippen molar-refractivity contribution in [1.29, 1.82) is 0 Å². The average Bonchev–Trinajstić information content (AvgIpc) is 3.63. The van der Waals surface area contributed by atoms with Crippen LogP contribution in [0.4, 0.5) is 0 Å². The normalized spacial score (nSPS) is 3.65. The van der Waals surface area contributed by atoms with E-state index in [1.165, 1.54) is 0 Å². The highest BCUT2D eigenvalue weighted by molar-refractivity contribution is 2.58. The van der Waals surface area contributed by atoms with Crippen LogP contribution >= 0.6 is 0 Å². The van der Waals surface area contributed by atoms with E-state index in [9.17, 15) is 0 Å². The molecule has 0 saturated heterocycles. The molecule has 0 aromatic carbocycles. The standard InChI is InChI=1S/79CH4.42H2/h79*1H4;42*1H/i;;;;;;;;;;;;;;;;;;;;;;;;;;;;;;;;;;;;;;;;;;;;;;;;;;;;;;;;;;;;;;;;;;;;;;;;;;;;;;;36*1+1D;6*1+1. The van der Waals surface area contributed by atoms with Crippen LogP contribution in [-0.2, 0) is 0 Å². The number of hydrogen-bond acceptors (Lipinski definition) is 0. The highest BCUT2D eigenvalue weighted by Gasteiger charge is 0.000442. The van der Waals surface area contributed by atoms with Gasteiger partial charge in [-0.2, -0.15) is 0 Å². The Hall–Kier alpha value is 0. The summed E-state index contributed by atoms with van der Waals surface area (Å²) in [6.07, 6.45) is 0. The van der Waals surface area contributed by atoms with Crippen molar-refractivity contribution in [3.63, 3.8) is 0 Å². The fourth-order valence-corrected chi connectivity index (χ4v) is 0. The van der Waals surface area contributed by atoms with Gasteiger partial charge < -0.3 is 0 Å². The zero-order valence-corrected chi connectivity index (χ0v) is 0. The van der Waals surface area contributed by atoms with Crippen molar-refractivity contribution in [2.24, 2.45) is 0 Å². The lowest BCUT2D eigenvalue weighted by atomic mass is 12.0. The van der Waals surface area contributed by atoms with Crippen LogP contribution in [0.25, 0.3) is 0 Å². The average molecular weight is 1430 g/mol. The molecule has 0 amide bonds. The molecule has 0 aromatic heterocycles. The molecule has 0 heterocycles. The van der Waals surface area contributed by atoms with E-state index in [0.717, 1.165) is 0 Å². The van der Waals surface area contributed by atoms with Gasteiger partial charge in [-0.25, -0.2) is 0 Å². The molecule has 0 aromatic rings. The summed E-state index contributed by atoms with van der Waals surface area (Å²) in [5.41, 5.74) is 0. The van der Waals surface area contributed by atoms with E-state index in [4.69, 9.17) is 107 Å². The molecule has 79 heavy (non-hydrogen) atoms. The first-order valence-corrected chi connectivity index (χ1v) is 0. The summed E-state index contributed by atoms with van der Waals surface area (Å²) in [4.78, 5) is 0. The third-order valence-electron chi connectivity index (χ3n) is 0. The Morgan fingerprint density at radius 2 is 0.0380 bits per heavy atom. The Balaban J connectivity index is -0.000000000703. The van der Waals surface area contributed by atoms with Gasteiger partial charge in [0.1, 0.15) is 0 Å². The van der Waals surface area contributed by atoms with E-state index in [1.54, 1.807) is 0 Å². The SMILES string of the molecule is C.C.C.C.C.C.C.C.C.C.C.C.C.C.C.C.C.C.C.C.C.C.C.C.C.C.C.C.C.C.C.C.C.C.C.C.C.C.C.C.C.C.C.C.C.C.C.C.C.C.C.C.C.C.C.C.C.C.C.C.C.C.C.C.C.C.C.C.C.C.C.C.C.C.C.C.C.C.C.[2HH].[2HH].[2HH].[2HH].[2HH].[2HH].[2H][2H].[2H][2H].[2H][2H].[2H][2H].[2H][2H].[2H][2H].[2H][2H].[2H][2H].[2H][2H].[2H][2H].[2H][2H].[2H][2H].[2H][2H].[2H][2H].[2H][2H].[2H][2H].[2H][2H].[2H][2H].[2H][2H].[2H][2H].[2H][2H].[2H][2H].[2H][2H].[2H][2H].[2H][2H].[2H][2H].[2H][2H].[2H][2H].[2H][2H].[2H][2H].[2H][2H].[2H][2H].[2H][2H].[2H][2H].[2H][2H].[2H][2H]. The topological polar surface area (TPSA) is 0 Å². The monoisotopic (exact) mass is 1430 g/mol. The van der Waals surface area contributed by atoms with Crippen molar-refractivity contribution in [1.82, 2.24) is 0 Å². The van der Waals surface area contributed by atoms with Gasteiger partial charge in [-0.1, -0.05) is 587 Å². The van der Waals surface area contributed by atoms with Crippen molar-refractivity contribution in [3.8, 4) is 0 Å². The minimum absolute atomic E-state index is 0. The van der Waals surface area contributed by atoms with Gasteiger partial charge in [0.25, 0.3) is 0 Å². The van der Waals surface area contributed by atoms with Gasteiger partial charge in [0, 0.05) is 115 Å². The molecule has 0 N–H and O–H groups in total. The summed E-state index contributed by atoms with van der Waals surface area (Å²) in [7, 11) is 0. The Kier molecular flexibility index (Phi) is 0. The number of rotatable bonds is 0. The maximum atomic E-state index is 5.00. The van der Waals surface area contributed by atoms with Crippen LogP contribution in [0.15, 0.2) is 0 Å². The van der Waals surface area contributed by atoms with Crippen LogP contribution < -0.4 is 0 Å². The maximum absolute atomic E-state index is 5.00. The molecule has 0 fully saturated rings. The van der Waals surface area contributed by atoms with E-state index in [0.29, 0.717) is 0 Å². The first kappa shape index (κ1) is 371. The van der Waals surface area contributed by atoms with Crippen LogP contribution in [0, 0.1) is 0 Å². The predicted octanol–water partition coefficient (Wildman–Crippen LogP) is 60.6. The smallest absolute Gasteiger partial charge is 0 e. The molecule has 0 radical (unpaired) electrons. The molecule has 0 spiro atoms.